The Morgan fingerprint density at radius 1 is 0.371 bits per heavy atom. The highest BCUT2D eigenvalue weighted by molar-refractivity contribution is 8.34. The second-order valence-electron chi connectivity index (χ2n) is 15.5. The number of hydrogen-bond donors (Lipinski definition) is 0. The van der Waals surface area contributed by atoms with Gasteiger partial charge in [-0.05, 0) is 103 Å². The minimum Gasteiger partial charge on any atom is -0.454 e. The maximum Gasteiger partial charge on any atom is 0.160 e. The normalized spacial score (nSPS) is 12.1. The van der Waals surface area contributed by atoms with Crippen LogP contribution in [0.3, 0.4) is 0 Å². The van der Waals surface area contributed by atoms with Crippen molar-refractivity contribution in [2.75, 3.05) is 0 Å². The van der Waals surface area contributed by atoms with Gasteiger partial charge in [-0.1, -0.05) is 103 Å². The van der Waals surface area contributed by atoms with Crippen molar-refractivity contribution in [1.82, 2.24) is 9.13 Å². The van der Waals surface area contributed by atoms with Crippen LogP contribution in [0.1, 0.15) is 11.1 Å². The van der Waals surface area contributed by atoms with Crippen molar-refractivity contribution >= 4 is 75.6 Å². The summed E-state index contributed by atoms with van der Waals surface area (Å²) in [7, 11) is -2.30. The summed E-state index contributed by atoms with van der Waals surface area (Å²) in [4.78, 5) is 4.44. The molecule has 6 heteroatoms. The summed E-state index contributed by atoms with van der Waals surface area (Å²) in [5.74, 6) is 0. The predicted molar refractivity (Wildman–Crippen MR) is 252 cm³/mol. The molecule has 0 saturated heterocycles. The molecule has 0 aliphatic heterocycles. The van der Waals surface area contributed by atoms with Crippen molar-refractivity contribution in [1.29, 1.82) is 10.5 Å². The number of fused-ring (bicyclic) bond motifs is 10. The van der Waals surface area contributed by atoms with Crippen LogP contribution in [-0.2, 0) is 0 Å². The zero-order chi connectivity index (χ0) is 41.4. The van der Waals surface area contributed by atoms with E-state index in [1.54, 1.807) is 0 Å². The Balaban J connectivity index is 1.19. The fourth-order valence-electron chi connectivity index (χ4n) is 9.65. The summed E-state index contributed by atoms with van der Waals surface area (Å²) in [6.07, 6.45) is 0. The topological polar surface area (TPSA) is 70.6 Å². The molecule has 0 radical (unpaired) electrons. The fraction of sp³-hybridized carbons (Fsp3) is 0. The molecular weight excluding hydrogens is 777 g/mol. The Hall–Kier alpha value is -8.29. The SMILES string of the molecule is N#Cc1cc(-n2c3ccccc3c3cc(C#N)ccc32)cc(S(c2ccccc2)(c2ccccc2)c2cccc(-n3c4ccccc4c4ccc5c6ccccc6oc5c43)c2)c1. The lowest BCUT2D eigenvalue weighted by molar-refractivity contribution is 0.671. The second kappa shape index (κ2) is 13.9. The van der Waals surface area contributed by atoms with Gasteiger partial charge in [-0.25, -0.2) is 0 Å². The fourth-order valence-corrected chi connectivity index (χ4v) is 13.6. The summed E-state index contributed by atoms with van der Waals surface area (Å²) in [5, 5.41) is 27.2. The molecule has 0 bridgehead atoms. The quantitative estimate of drug-likeness (QED) is 0.168. The van der Waals surface area contributed by atoms with E-state index in [2.05, 4.69) is 179 Å². The van der Waals surface area contributed by atoms with Crippen LogP contribution < -0.4 is 0 Å². The van der Waals surface area contributed by atoms with Crippen molar-refractivity contribution in [3.63, 3.8) is 0 Å². The molecule has 12 rings (SSSR count). The first kappa shape index (κ1) is 35.6. The van der Waals surface area contributed by atoms with Crippen molar-refractivity contribution in [3.8, 4) is 23.5 Å². The van der Waals surface area contributed by atoms with Gasteiger partial charge in [0.15, 0.2) is 5.58 Å². The minimum absolute atomic E-state index is 0.562. The number of furan rings is 1. The Morgan fingerprint density at radius 3 is 1.68 bits per heavy atom. The van der Waals surface area contributed by atoms with E-state index >= 15 is 0 Å². The van der Waals surface area contributed by atoms with Gasteiger partial charge in [-0.15, -0.1) is 10.0 Å². The van der Waals surface area contributed by atoms with Gasteiger partial charge >= 0.3 is 0 Å². The standard InChI is InChI=1S/C56H34N4OS/c57-35-37-26-29-53-50(32-37)46-21-8-10-23-51(46)59(53)40-30-38(36-58)31-44(34-40)62(41-15-3-1-4-16-41,42-17-5-2-6-18-42)43-19-13-14-39(33-43)60-52-24-11-7-20-45(52)48-27-28-49-47-22-9-12-25-54(47)61-56(49)55(48)60/h1-34H. The van der Waals surface area contributed by atoms with Crippen molar-refractivity contribution in [3.05, 3.63) is 217 Å². The second-order valence-corrected chi connectivity index (χ2v) is 18.7. The Morgan fingerprint density at radius 2 is 0.952 bits per heavy atom. The maximum atomic E-state index is 10.9. The molecule has 62 heavy (non-hydrogen) atoms. The van der Waals surface area contributed by atoms with Gasteiger partial charge in [0.05, 0.1) is 45.3 Å². The van der Waals surface area contributed by atoms with E-state index < -0.39 is 10.0 Å². The summed E-state index contributed by atoms with van der Waals surface area (Å²) in [6, 6.07) is 77.2. The van der Waals surface area contributed by atoms with Gasteiger partial charge in [-0.3, -0.25) is 0 Å². The van der Waals surface area contributed by atoms with E-state index in [1.807, 2.05) is 48.5 Å². The monoisotopic (exact) mass is 810 g/mol. The van der Waals surface area contributed by atoms with E-state index in [0.717, 1.165) is 96.5 Å². The molecule has 3 heterocycles. The zero-order valence-electron chi connectivity index (χ0n) is 33.2. The largest absolute Gasteiger partial charge is 0.454 e. The van der Waals surface area contributed by atoms with Gasteiger partial charge in [0.1, 0.15) is 5.58 Å². The molecule has 3 aromatic heterocycles. The lowest BCUT2D eigenvalue weighted by Crippen LogP contribution is -2.08. The molecule has 0 amide bonds. The molecule has 9 aromatic carbocycles. The van der Waals surface area contributed by atoms with E-state index in [4.69, 9.17) is 4.42 Å². The van der Waals surface area contributed by atoms with E-state index in [0.29, 0.717) is 11.1 Å². The average Bonchev–Trinajstić information content (AvgIpc) is 4.00. The van der Waals surface area contributed by atoms with Gasteiger partial charge in [0.25, 0.3) is 0 Å². The van der Waals surface area contributed by atoms with Gasteiger partial charge in [0.2, 0.25) is 0 Å². The number of nitriles is 2. The van der Waals surface area contributed by atoms with Gasteiger partial charge in [0, 0.05) is 63.3 Å². The highest BCUT2D eigenvalue weighted by atomic mass is 32.3. The first-order valence-electron chi connectivity index (χ1n) is 20.5. The molecular formula is C56H34N4OS. The van der Waals surface area contributed by atoms with Crippen LogP contribution in [0, 0.1) is 22.7 Å². The number of benzene rings is 9. The van der Waals surface area contributed by atoms with Gasteiger partial charge in [-0.2, -0.15) is 10.5 Å². The molecule has 0 N–H and O–H groups in total. The first-order valence-corrected chi connectivity index (χ1v) is 22.2. The Kier molecular flexibility index (Phi) is 7.99. The lowest BCUT2D eigenvalue weighted by atomic mass is 10.1. The number of para-hydroxylation sites is 3. The molecule has 0 aliphatic carbocycles. The molecule has 0 fully saturated rings. The van der Waals surface area contributed by atoms with Crippen molar-refractivity contribution < 1.29 is 4.42 Å². The summed E-state index contributed by atoms with van der Waals surface area (Å²) in [6.45, 7) is 0. The molecule has 5 nitrogen and oxygen atoms in total. The van der Waals surface area contributed by atoms with Crippen LogP contribution in [0.4, 0.5) is 0 Å². The molecule has 0 spiro atoms. The minimum atomic E-state index is -2.30. The molecule has 290 valence electrons. The zero-order valence-corrected chi connectivity index (χ0v) is 34.1. The van der Waals surface area contributed by atoms with Crippen LogP contribution in [0.25, 0.3) is 76.9 Å². The summed E-state index contributed by atoms with van der Waals surface area (Å²) >= 11 is 0. The molecule has 0 atom stereocenters. The van der Waals surface area contributed by atoms with Crippen LogP contribution in [0.5, 0.6) is 0 Å². The number of hydrogen-bond acceptors (Lipinski definition) is 3. The molecule has 12 aromatic rings. The Labute approximate surface area is 358 Å². The third kappa shape index (κ3) is 5.15. The molecule has 0 unspecified atom stereocenters. The number of nitrogens with zero attached hydrogens (tertiary/aromatic N) is 4. The molecule has 0 saturated carbocycles. The van der Waals surface area contributed by atoms with E-state index in [1.165, 1.54) is 0 Å². The predicted octanol–water partition coefficient (Wildman–Crippen LogP) is 14.9. The smallest absolute Gasteiger partial charge is 0.160 e. The van der Waals surface area contributed by atoms with Gasteiger partial charge < -0.3 is 13.6 Å². The van der Waals surface area contributed by atoms with Crippen molar-refractivity contribution in [2.45, 2.75) is 19.6 Å². The van der Waals surface area contributed by atoms with Crippen LogP contribution >= 0.6 is 10.0 Å². The average molecular weight is 811 g/mol. The summed E-state index contributed by atoms with van der Waals surface area (Å²) in [5.41, 5.74) is 8.86. The highest BCUT2D eigenvalue weighted by Gasteiger charge is 2.35. The van der Waals surface area contributed by atoms with Crippen LogP contribution in [0.15, 0.2) is 230 Å². The van der Waals surface area contributed by atoms with Crippen LogP contribution in [0.2, 0.25) is 0 Å². The maximum absolute atomic E-state index is 10.9. The number of aromatic nitrogens is 2. The summed E-state index contributed by atoms with van der Waals surface area (Å²) < 4.78 is 11.4. The third-order valence-corrected chi connectivity index (χ3v) is 16.1. The third-order valence-electron chi connectivity index (χ3n) is 12.2. The van der Waals surface area contributed by atoms with E-state index in [9.17, 15) is 10.5 Å². The van der Waals surface area contributed by atoms with E-state index in [-0.39, 0.29) is 0 Å². The molecule has 0 aliphatic rings. The van der Waals surface area contributed by atoms with Crippen LogP contribution in [-0.4, -0.2) is 9.13 Å². The lowest BCUT2D eigenvalue weighted by Gasteiger charge is -2.42. The number of rotatable bonds is 6. The highest BCUT2D eigenvalue weighted by Crippen LogP contribution is 2.74. The Bertz CT molecular complexity index is 3810. The van der Waals surface area contributed by atoms with Crippen molar-refractivity contribution in [2.24, 2.45) is 0 Å². The first-order chi connectivity index (χ1) is 30.6.